The molecular weight excluding hydrogens is 412 g/mol. The Balaban J connectivity index is 1.63. The van der Waals surface area contributed by atoms with E-state index in [0.717, 1.165) is 28.6 Å². The normalized spacial score (nSPS) is 11.6. The number of halogens is 2. The van der Waals surface area contributed by atoms with Crippen molar-refractivity contribution >= 4 is 22.4 Å². The van der Waals surface area contributed by atoms with Gasteiger partial charge in [-0.3, -0.25) is 4.79 Å². The molecule has 0 saturated carbocycles. The fourth-order valence-corrected chi connectivity index (χ4v) is 3.58. The van der Waals surface area contributed by atoms with Gasteiger partial charge in [-0.1, -0.05) is 36.4 Å². The highest BCUT2D eigenvalue weighted by Crippen LogP contribution is 2.37. The second-order valence-corrected chi connectivity index (χ2v) is 7.31. The van der Waals surface area contributed by atoms with Gasteiger partial charge >= 0.3 is 0 Å². The molecule has 1 N–H and O–H groups in total. The summed E-state index contributed by atoms with van der Waals surface area (Å²) in [6.45, 7) is 1.52. The Morgan fingerprint density at radius 1 is 1.06 bits per heavy atom. The van der Waals surface area contributed by atoms with E-state index in [0.29, 0.717) is 22.5 Å². The van der Waals surface area contributed by atoms with Gasteiger partial charge in [-0.2, -0.15) is 0 Å². The van der Waals surface area contributed by atoms with Crippen molar-refractivity contribution in [3.63, 3.8) is 0 Å². The first-order chi connectivity index (χ1) is 15.5. The Bertz CT molecular complexity index is 1290. The van der Waals surface area contributed by atoms with Crippen molar-refractivity contribution in [3.05, 3.63) is 95.8 Å². The van der Waals surface area contributed by atoms with Crippen LogP contribution < -0.4 is 10.1 Å². The van der Waals surface area contributed by atoms with Crippen LogP contribution in [0.4, 0.5) is 8.78 Å². The molecular formula is C26H21F2NO3. The van der Waals surface area contributed by atoms with Gasteiger partial charge in [0.15, 0.2) is 0 Å². The molecule has 6 heteroatoms. The summed E-state index contributed by atoms with van der Waals surface area (Å²) >= 11 is 0. The van der Waals surface area contributed by atoms with Crippen molar-refractivity contribution in [3.8, 4) is 16.9 Å². The van der Waals surface area contributed by atoms with Crippen LogP contribution >= 0.6 is 0 Å². The van der Waals surface area contributed by atoms with E-state index in [4.69, 9.17) is 9.15 Å². The number of fused-ring (bicyclic) bond motifs is 1. The minimum Gasteiger partial charge on any atom is -0.496 e. The number of hydrogen-bond donors (Lipinski definition) is 1. The van der Waals surface area contributed by atoms with Gasteiger partial charge in [0.05, 0.1) is 13.4 Å². The molecule has 0 bridgehead atoms. The minimum atomic E-state index is -0.702. The molecule has 0 atom stereocenters. The SMILES string of the molecule is COc1cc2occ(-c3ccccc3)c2cc1/C(C)=C/C(=O)NCc1c(F)cccc1F. The van der Waals surface area contributed by atoms with E-state index in [1.807, 2.05) is 36.4 Å². The van der Waals surface area contributed by atoms with Gasteiger partial charge < -0.3 is 14.5 Å². The van der Waals surface area contributed by atoms with Crippen LogP contribution in [0, 0.1) is 11.6 Å². The fraction of sp³-hybridized carbons (Fsp3) is 0.115. The maximum Gasteiger partial charge on any atom is 0.244 e. The Morgan fingerprint density at radius 3 is 2.47 bits per heavy atom. The molecule has 0 aliphatic carbocycles. The van der Waals surface area contributed by atoms with Crippen LogP contribution in [0.2, 0.25) is 0 Å². The predicted molar refractivity (Wildman–Crippen MR) is 120 cm³/mol. The number of nitrogens with one attached hydrogen (secondary N) is 1. The quantitative estimate of drug-likeness (QED) is 0.374. The Hall–Kier alpha value is -3.93. The van der Waals surface area contributed by atoms with Crippen LogP contribution in [0.25, 0.3) is 27.7 Å². The predicted octanol–water partition coefficient (Wildman–Crippen LogP) is 6.11. The summed E-state index contributed by atoms with van der Waals surface area (Å²) < 4.78 is 38.8. The average molecular weight is 433 g/mol. The zero-order valence-corrected chi connectivity index (χ0v) is 17.6. The lowest BCUT2D eigenvalue weighted by Crippen LogP contribution is -2.22. The van der Waals surface area contributed by atoms with Gasteiger partial charge in [0.1, 0.15) is 23.0 Å². The van der Waals surface area contributed by atoms with E-state index in [-0.39, 0.29) is 12.1 Å². The van der Waals surface area contributed by atoms with Gasteiger partial charge in [0.25, 0.3) is 0 Å². The van der Waals surface area contributed by atoms with Gasteiger partial charge in [-0.15, -0.1) is 0 Å². The fourth-order valence-electron chi connectivity index (χ4n) is 3.58. The number of methoxy groups -OCH3 is 1. The molecule has 3 aromatic carbocycles. The van der Waals surface area contributed by atoms with E-state index in [1.54, 1.807) is 26.4 Å². The van der Waals surface area contributed by atoms with Crippen molar-refractivity contribution in [1.29, 1.82) is 0 Å². The second-order valence-electron chi connectivity index (χ2n) is 7.31. The van der Waals surface area contributed by atoms with Crippen molar-refractivity contribution in [2.45, 2.75) is 13.5 Å². The Kier molecular flexibility index (Phi) is 6.03. The van der Waals surface area contributed by atoms with Gasteiger partial charge in [0.2, 0.25) is 5.91 Å². The third-order valence-electron chi connectivity index (χ3n) is 5.25. The molecule has 4 nitrogen and oxygen atoms in total. The summed E-state index contributed by atoms with van der Waals surface area (Å²) in [5.74, 6) is -1.33. The van der Waals surface area contributed by atoms with E-state index in [2.05, 4.69) is 5.32 Å². The lowest BCUT2D eigenvalue weighted by atomic mass is 9.99. The number of ether oxygens (including phenoxy) is 1. The van der Waals surface area contributed by atoms with E-state index < -0.39 is 17.5 Å². The van der Waals surface area contributed by atoms with Crippen LogP contribution in [0.3, 0.4) is 0 Å². The van der Waals surface area contributed by atoms with E-state index >= 15 is 0 Å². The number of furan rings is 1. The third kappa shape index (κ3) is 4.25. The number of amides is 1. The number of benzene rings is 3. The van der Waals surface area contributed by atoms with Gasteiger partial charge in [-0.05, 0) is 36.3 Å². The first-order valence-electron chi connectivity index (χ1n) is 10.0. The molecule has 0 radical (unpaired) electrons. The molecule has 1 heterocycles. The lowest BCUT2D eigenvalue weighted by Gasteiger charge is -2.10. The number of allylic oxidation sites excluding steroid dienone is 1. The summed E-state index contributed by atoms with van der Waals surface area (Å²) in [5.41, 5.74) is 3.76. The van der Waals surface area contributed by atoms with Gasteiger partial charge in [-0.25, -0.2) is 8.78 Å². The van der Waals surface area contributed by atoms with Gasteiger partial charge in [0, 0.05) is 40.8 Å². The highest BCUT2D eigenvalue weighted by atomic mass is 19.1. The number of rotatable bonds is 6. The molecule has 0 spiro atoms. The largest absolute Gasteiger partial charge is 0.496 e. The van der Waals surface area contributed by atoms with Crippen molar-refractivity contribution < 1.29 is 22.7 Å². The number of hydrogen-bond acceptors (Lipinski definition) is 3. The summed E-state index contributed by atoms with van der Waals surface area (Å²) in [4.78, 5) is 12.4. The molecule has 0 unspecified atom stereocenters. The summed E-state index contributed by atoms with van der Waals surface area (Å²) in [6.07, 6.45) is 3.07. The second kappa shape index (κ2) is 9.06. The van der Waals surface area contributed by atoms with Crippen LogP contribution in [-0.4, -0.2) is 13.0 Å². The topological polar surface area (TPSA) is 51.5 Å². The van der Waals surface area contributed by atoms with E-state index in [9.17, 15) is 13.6 Å². The standard InChI is InChI=1S/C26H21F2NO3/c1-16(11-26(30)29-14-20-22(27)9-6-10-23(20)28)18-12-19-21(17-7-4-3-5-8-17)15-32-25(19)13-24(18)31-2/h3-13,15H,14H2,1-2H3,(H,29,30)/b16-11+. The highest BCUT2D eigenvalue weighted by molar-refractivity contribution is 6.00. The Morgan fingerprint density at radius 2 is 1.78 bits per heavy atom. The molecule has 1 amide bonds. The summed E-state index contributed by atoms with van der Waals surface area (Å²) in [6, 6.07) is 17.1. The third-order valence-corrected chi connectivity index (χ3v) is 5.25. The molecule has 4 rings (SSSR count). The smallest absolute Gasteiger partial charge is 0.244 e. The van der Waals surface area contributed by atoms with Crippen LogP contribution in [0.1, 0.15) is 18.1 Å². The lowest BCUT2D eigenvalue weighted by molar-refractivity contribution is -0.116. The monoisotopic (exact) mass is 433 g/mol. The maximum absolute atomic E-state index is 13.8. The summed E-state index contributed by atoms with van der Waals surface area (Å²) in [7, 11) is 1.54. The molecule has 0 aliphatic heterocycles. The average Bonchev–Trinajstić information content (AvgIpc) is 3.21. The van der Waals surface area contributed by atoms with Crippen molar-refractivity contribution in [2.24, 2.45) is 0 Å². The molecule has 1 aromatic heterocycles. The zero-order valence-electron chi connectivity index (χ0n) is 17.6. The molecule has 0 fully saturated rings. The first-order valence-corrected chi connectivity index (χ1v) is 10.0. The maximum atomic E-state index is 13.8. The van der Waals surface area contributed by atoms with Crippen molar-refractivity contribution in [1.82, 2.24) is 5.32 Å². The van der Waals surface area contributed by atoms with Crippen LogP contribution in [0.5, 0.6) is 5.75 Å². The molecule has 4 aromatic rings. The minimum absolute atomic E-state index is 0.184. The number of carbonyl (C=O) groups is 1. The van der Waals surface area contributed by atoms with Crippen LogP contribution in [0.15, 0.2) is 77.4 Å². The summed E-state index contributed by atoms with van der Waals surface area (Å²) in [5, 5.41) is 3.42. The van der Waals surface area contributed by atoms with Crippen molar-refractivity contribution in [2.75, 3.05) is 7.11 Å². The van der Waals surface area contributed by atoms with E-state index in [1.165, 1.54) is 12.1 Å². The molecule has 32 heavy (non-hydrogen) atoms. The number of carbonyl (C=O) groups excluding carboxylic acids is 1. The highest BCUT2D eigenvalue weighted by Gasteiger charge is 2.15. The molecule has 0 aliphatic rings. The zero-order chi connectivity index (χ0) is 22.7. The first kappa shape index (κ1) is 21.3. The Labute approximate surface area is 184 Å². The molecule has 0 saturated heterocycles. The molecule has 162 valence electrons. The van der Waals surface area contributed by atoms with Crippen LogP contribution in [-0.2, 0) is 11.3 Å².